The van der Waals surface area contributed by atoms with Gasteiger partial charge in [0, 0.05) is 23.7 Å². The molecule has 1 atom stereocenters. The summed E-state index contributed by atoms with van der Waals surface area (Å²) in [5.74, 6) is 0.0877. The Kier molecular flexibility index (Phi) is 6.87. The first-order chi connectivity index (χ1) is 11.0. The molecule has 1 unspecified atom stereocenters. The topological polar surface area (TPSA) is 49.4 Å². The molecule has 0 saturated carbocycles. The van der Waals surface area contributed by atoms with Gasteiger partial charge in [-0.3, -0.25) is 14.5 Å². The summed E-state index contributed by atoms with van der Waals surface area (Å²) in [6.45, 7) is 2.52. The molecule has 1 aliphatic heterocycles. The summed E-state index contributed by atoms with van der Waals surface area (Å²) in [5, 5.41) is 3.42. The number of halogens is 1. The summed E-state index contributed by atoms with van der Waals surface area (Å²) in [4.78, 5) is 25.4. The first kappa shape index (κ1) is 18.2. The van der Waals surface area contributed by atoms with E-state index in [1.165, 1.54) is 11.8 Å². The molecule has 0 aliphatic carbocycles. The van der Waals surface area contributed by atoms with E-state index in [9.17, 15) is 9.59 Å². The molecule has 1 aliphatic rings. The normalized spacial score (nSPS) is 17.7. The van der Waals surface area contributed by atoms with Crippen molar-refractivity contribution in [1.82, 2.24) is 4.90 Å². The third-order valence-corrected chi connectivity index (χ3v) is 5.26. The van der Waals surface area contributed by atoms with E-state index in [0.29, 0.717) is 22.3 Å². The lowest BCUT2D eigenvalue weighted by atomic mass is 10.1. The smallest absolute Gasteiger partial charge is 0.241 e. The van der Waals surface area contributed by atoms with Crippen molar-refractivity contribution in [3.8, 4) is 0 Å². The van der Waals surface area contributed by atoms with Crippen LogP contribution in [0.5, 0.6) is 0 Å². The average Bonchev–Trinajstić information content (AvgIpc) is 2.75. The van der Waals surface area contributed by atoms with Crippen molar-refractivity contribution in [3.05, 3.63) is 29.3 Å². The second-order valence-electron chi connectivity index (χ2n) is 5.38. The van der Waals surface area contributed by atoms with Crippen molar-refractivity contribution in [1.29, 1.82) is 0 Å². The molecule has 0 aromatic heterocycles. The van der Waals surface area contributed by atoms with E-state index in [-0.39, 0.29) is 17.1 Å². The molecule has 1 aromatic carbocycles. The van der Waals surface area contributed by atoms with E-state index in [1.807, 2.05) is 6.92 Å². The van der Waals surface area contributed by atoms with E-state index < -0.39 is 0 Å². The van der Waals surface area contributed by atoms with Gasteiger partial charge in [-0.2, -0.15) is 0 Å². The number of amides is 2. The number of thioether (sulfide) groups is 1. The van der Waals surface area contributed by atoms with E-state index in [0.717, 1.165) is 24.9 Å². The van der Waals surface area contributed by atoms with Crippen molar-refractivity contribution in [2.45, 2.75) is 37.9 Å². The maximum Gasteiger partial charge on any atom is 0.241 e. The van der Waals surface area contributed by atoms with Crippen LogP contribution >= 0.6 is 35.6 Å². The molecule has 1 aromatic rings. The Bertz CT molecular complexity index is 592. The van der Waals surface area contributed by atoms with Crippen LogP contribution < -0.4 is 5.32 Å². The molecule has 124 valence electrons. The van der Waals surface area contributed by atoms with E-state index in [1.54, 1.807) is 29.2 Å². The van der Waals surface area contributed by atoms with Crippen LogP contribution in [-0.4, -0.2) is 32.8 Å². The lowest BCUT2D eigenvalue weighted by Crippen LogP contribution is -2.31. The third kappa shape index (κ3) is 5.48. The molecule has 0 spiro atoms. The van der Waals surface area contributed by atoms with Crippen LogP contribution in [0.15, 0.2) is 24.3 Å². The maximum atomic E-state index is 11.9. The highest BCUT2D eigenvalue weighted by molar-refractivity contribution is 8.24. The second kappa shape index (κ2) is 8.66. The van der Waals surface area contributed by atoms with Crippen LogP contribution in [0.1, 0.15) is 32.6 Å². The zero-order chi connectivity index (χ0) is 16.8. The fraction of sp³-hybridized carbons (Fsp3) is 0.438. The number of unbranched alkanes of at least 4 members (excludes halogenated alkanes) is 2. The minimum absolute atomic E-state index is 0.00994. The number of anilines is 1. The summed E-state index contributed by atoms with van der Waals surface area (Å²) in [7, 11) is 0. The van der Waals surface area contributed by atoms with E-state index >= 15 is 0 Å². The van der Waals surface area contributed by atoms with Crippen LogP contribution in [-0.2, 0) is 9.59 Å². The van der Waals surface area contributed by atoms with E-state index in [2.05, 4.69) is 5.32 Å². The van der Waals surface area contributed by atoms with Crippen LogP contribution in [0.4, 0.5) is 5.69 Å². The van der Waals surface area contributed by atoms with Gasteiger partial charge >= 0.3 is 0 Å². The Hall–Kier alpha value is -1.11. The molecule has 23 heavy (non-hydrogen) atoms. The molecule has 2 rings (SSSR count). The Morgan fingerprint density at radius 3 is 2.61 bits per heavy atom. The number of nitrogens with zero attached hydrogens (tertiary/aromatic N) is 1. The number of benzene rings is 1. The Morgan fingerprint density at radius 1 is 1.30 bits per heavy atom. The number of carbonyl (C=O) groups is 2. The second-order valence-corrected chi connectivity index (χ2v) is 7.79. The third-order valence-electron chi connectivity index (χ3n) is 3.53. The van der Waals surface area contributed by atoms with Crippen molar-refractivity contribution in [3.63, 3.8) is 0 Å². The molecule has 2 amide bonds. The predicted molar refractivity (Wildman–Crippen MR) is 99.9 cm³/mol. The number of nitrogens with one attached hydrogen (secondary N) is 1. The van der Waals surface area contributed by atoms with Crippen molar-refractivity contribution in [2.75, 3.05) is 11.9 Å². The Labute approximate surface area is 150 Å². The zero-order valence-corrected chi connectivity index (χ0v) is 15.3. The SMILES string of the molecule is CC1SC(=S)N(CCCCCC(=O)Nc2ccc(Cl)cc2)C1=O. The lowest BCUT2D eigenvalue weighted by Gasteiger charge is -2.14. The van der Waals surface area contributed by atoms with Gasteiger partial charge in [0.05, 0.1) is 5.25 Å². The molecular formula is C16H19ClN2O2S2. The summed E-state index contributed by atoms with van der Waals surface area (Å²) >= 11 is 12.4. The highest BCUT2D eigenvalue weighted by Crippen LogP contribution is 2.27. The summed E-state index contributed by atoms with van der Waals surface area (Å²) in [5.41, 5.74) is 0.749. The van der Waals surface area contributed by atoms with Gasteiger partial charge in [-0.1, -0.05) is 42.0 Å². The Morgan fingerprint density at radius 2 is 2.00 bits per heavy atom. The monoisotopic (exact) mass is 370 g/mol. The fourth-order valence-corrected chi connectivity index (χ4v) is 3.84. The van der Waals surface area contributed by atoms with Crippen LogP contribution in [0.3, 0.4) is 0 Å². The molecule has 0 bridgehead atoms. The quantitative estimate of drug-likeness (QED) is 0.580. The number of carbonyl (C=O) groups excluding carboxylic acids is 2. The largest absolute Gasteiger partial charge is 0.326 e. The fourth-order valence-electron chi connectivity index (χ4n) is 2.27. The van der Waals surface area contributed by atoms with Gasteiger partial charge in [-0.05, 0) is 44.0 Å². The Balaban J connectivity index is 1.62. The van der Waals surface area contributed by atoms with E-state index in [4.69, 9.17) is 23.8 Å². The first-order valence-corrected chi connectivity index (χ1v) is 9.21. The van der Waals surface area contributed by atoms with Gasteiger partial charge in [-0.15, -0.1) is 0 Å². The zero-order valence-electron chi connectivity index (χ0n) is 12.9. The highest BCUT2D eigenvalue weighted by atomic mass is 35.5. The molecule has 1 fully saturated rings. The van der Waals surface area contributed by atoms with Crippen LogP contribution in [0.25, 0.3) is 0 Å². The number of hydrogen-bond donors (Lipinski definition) is 1. The lowest BCUT2D eigenvalue weighted by molar-refractivity contribution is -0.125. The molecule has 7 heteroatoms. The summed E-state index contributed by atoms with van der Waals surface area (Å²) in [6, 6.07) is 7.04. The number of thiocarbonyl (C=S) groups is 1. The van der Waals surface area contributed by atoms with Gasteiger partial charge < -0.3 is 5.32 Å². The molecule has 1 heterocycles. The predicted octanol–water partition coefficient (Wildman–Crippen LogP) is 4.09. The number of hydrogen-bond acceptors (Lipinski definition) is 4. The van der Waals surface area contributed by atoms with Gasteiger partial charge in [0.2, 0.25) is 11.8 Å². The molecule has 1 N–H and O–H groups in total. The molecule has 1 saturated heterocycles. The minimum Gasteiger partial charge on any atom is -0.326 e. The maximum absolute atomic E-state index is 11.9. The summed E-state index contributed by atoms with van der Waals surface area (Å²) in [6.07, 6.45) is 3.00. The van der Waals surface area contributed by atoms with Crippen LogP contribution in [0.2, 0.25) is 5.02 Å². The molecule has 0 radical (unpaired) electrons. The summed E-state index contributed by atoms with van der Waals surface area (Å²) < 4.78 is 0.669. The van der Waals surface area contributed by atoms with Crippen molar-refractivity contribution < 1.29 is 9.59 Å². The van der Waals surface area contributed by atoms with Crippen LogP contribution in [0, 0.1) is 0 Å². The number of rotatable bonds is 7. The first-order valence-electron chi connectivity index (χ1n) is 7.55. The van der Waals surface area contributed by atoms with Crippen molar-refractivity contribution in [2.24, 2.45) is 0 Å². The van der Waals surface area contributed by atoms with Gasteiger partial charge in [-0.25, -0.2) is 0 Å². The van der Waals surface area contributed by atoms with Crippen molar-refractivity contribution >= 4 is 57.4 Å². The minimum atomic E-state index is -0.0624. The van der Waals surface area contributed by atoms with Gasteiger partial charge in [0.15, 0.2) is 0 Å². The molecular weight excluding hydrogens is 352 g/mol. The highest BCUT2D eigenvalue weighted by Gasteiger charge is 2.32. The molecule has 4 nitrogen and oxygen atoms in total. The van der Waals surface area contributed by atoms with Gasteiger partial charge in [0.25, 0.3) is 0 Å². The van der Waals surface area contributed by atoms with Gasteiger partial charge in [0.1, 0.15) is 4.32 Å². The average molecular weight is 371 g/mol. The standard InChI is InChI=1S/C16H19ClN2O2S2/c1-11-15(21)19(16(22)23-11)10-4-2-3-5-14(20)18-13-8-6-12(17)7-9-13/h6-9,11H,2-5,10H2,1H3,(H,18,20).